The molecule has 2 heterocycles. The second-order valence-corrected chi connectivity index (χ2v) is 7.18. The van der Waals surface area contributed by atoms with E-state index in [1.54, 1.807) is 13.3 Å². The van der Waals surface area contributed by atoms with Gasteiger partial charge in [0.1, 0.15) is 5.75 Å². The van der Waals surface area contributed by atoms with Gasteiger partial charge >= 0.3 is 5.69 Å². The second-order valence-electron chi connectivity index (χ2n) is 7.18. The Bertz CT molecular complexity index is 888. The van der Waals surface area contributed by atoms with Crippen LogP contribution >= 0.6 is 12.4 Å². The summed E-state index contributed by atoms with van der Waals surface area (Å²) in [6.45, 7) is 7.15. The lowest BCUT2D eigenvalue weighted by atomic mass is 10.2. The number of hydrogen-bond donors (Lipinski definition) is 1. The number of aromatic nitrogens is 2. The zero-order valence-electron chi connectivity index (χ0n) is 17.2. The van der Waals surface area contributed by atoms with Gasteiger partial charge in [0.25, 0.3) is 5.56 Å². The van der Waals surface area contributed by atoms with Gasteiger partial charge in [0.15, 0.2) is 0 Å². The minimum Gasteiger partial charge on any atom is -0.495 e. The van der Waals surface area contributed by atoms with E-state index in [0.717, 1.165) is 57.0 Å². The van der Waals surface area contributed by atoms with Crippen LogP contribution in [-0.4, -0.2) is 54.3 Å². The zero-order chi connectivity index (χ0) is 19.9. The van der Waals surface area contributed by atoms with Crippen molar-refractivity contribution in [1.82, 2.24) is 14.5 Å². The number of benzene rings is 1. The van der Waals surface area contributed by atoms with Gasteiger partial charge < -0.3 is 14.6 Å². The monoisotopic (exact) mass is 422 g/mol. The van der Waals surface area contributed by atoms with Crippen LogP contribution in [0.4, 0.5) is 5.69 Å². The number of nitrogens with one attached hydrogen (secondary N) is 1. The van der Waals surface area contributed by atoms with E-state index in [0.29, 0.717) is 18.5 Å². The van der Waals surface area contributed by atoms with Crippen LogP contribution < -0.4 is 20.9 Å². The molecule has 3 rings (SSSR count). The van der Waals surface area contributed by atoms with Crippen LogP contribution in [-0.2, 0) is 13.0 Å². The van der Waals surface area contributed by atoms with E-state index in [1.807, 2.05) is 25.1 Å². The van der Waals surface area contributed by atoms with Crippen LogP contribution in [0.15, 0.2) is 40.1 Å². The van der Waals surface area contributed by atoms with Crippen molar-refractivity contribution in [2.24, 2.45) is 0 Å². The average Bonchev–Trinajstić information content (AvgIpc) is 2.73. The molecule has 1 aliphatic heterocycles. The summed E-state index contributed by atoms with van der Waals surface area (Å²) in [5.74, 6) is 0.904. The highest BCUT2D eigenvalue weighted by molar-refractivity contribution is 5.85. The molecule has 1 aromatic heterocycles. The van der Waals surface area contributed by atoms with Gasteiger partial charge in [0, 0.05) is 44.5 Å². The molecule has 1 N–H and O–H groups in total. The molecule has 1 aromatic carbocycles. The predicted octanol–water partition coefficient (Wildman–Crippen LogP) is 2.13. The van der Waals surface area contributed by atoms with Crippen molar-refractivity contribution < 1.29 is 4.74 Å². The second kappa shape index (κ2) is 11.1. The van der Waals surface area contributed by atoms with Crippen molar-refractivity contribution in [3.8, 4) is 5.75 Å². The lowest BCUT2D eigenvalue weighted by Gasteiger charge is -2.36. The Hall–Kier alpha value is -2.25. The molecular formula is C21H31ClN4O3. The van der Waals surface area contributed by atoms with E-state index in [9.17, 15) is 9.59 Å². The number of aromatic amines is 1. The number of anilines is 1. The topological polar surface area (TPSA) is 70.6 Å². The molecule has 160 valence electrons. The summed E-state index contributed by atoms with van der Waals surface area (Å²) in [6, 6.07) is 8.10. The predicted molar refractivity (Wildman–Crippen MR) is 119 cm³/mol. The van der Waals surface area contributed by atoms with Crippen LogP contribution in [0.25, 0.3) is 0 Å². The molecule has 1 fully saturated rings. The van der Waals surface area contributed by atoms with Gasteiger partial charge in [0.2, 0.25) is 0 Å². The summed E-state index contributed by atoms with van der Waals surface area (Å²) < 4.78 is 6.81. The summed E-state index contributed by atoms with van der Waals surface area (Å²) in [5.41, 5.74) is 1.36. The van der Waals surface area contributed by atoms with E-state index in [2.05, 4.69) is 20.9 Å². The highest BCUT2D eigenvalue weighted by Crippen LogP contribution is 2.28. The zero-order valence-corrected chi connectivity index (χ0v) is 18.0. The van der Waals surface area contributed by atoms with Crippen LogP contribution in [0.1, 0.15) is 25.3 Å². The largest absolute Gasteiger partial charge is 0.495 e. The lowest BCUT2D eigenvalue weighted by Crippen LogP contribution is -2.47. The smallest absolute Gasteiger partial charge is 0.328 e. The maximum absolute atomic E-state index is 12.4. The maximum atomic E-state index is 12.4. The quantitative estimate of drug-likeness (QED) is 0.705. The molecule has 0 radical (unpaired) electrons. The van der Waals surface area contributed by atoms with E-state index in [-0.39, 0.29) is 23.7 Å². The fourth-order valence-corrected chi connectivity index (χ4v) is 3.76. The van der Waals surface area contributed by atoms with Crippen LogP contribution in [0.5, 0.6) is 5.75 Å². The summed E-state index contributed by atoms with van der Waals surface area (Å²) in [5, 5.41) is 0. The first-order valence-corrected chi connectivity index (χ1v) is 10.1. The molecule has 0 saturated carbocycles. The molecule has 0 unspecified atom stereocenters. The molecule has 0 amide bonds. The number of hydrogen-bond acceptors (Lipinski definition) is 5. The minimum absolute atomic E-state index is 0. The fraction of sp³-hybridized carbons (Fsp3) is 0.524. The van der Waals surface area contributed by atoms with Crippen molar-refractivity contribution >= 4 is 18.1 Å². The van der Waals surface area contributed by atoms with Crippen molar-refractivity contribution in [1.29, 1.82) is 0 Å². The number of para-hydroxylation sites is 2. The molecule has 0 aliphatic carbocycles. The summed E-state index contributed by atoms with van der Waals surface area (Å²) in [6.07, 6.45) is 3.92. The Labute approximate surface area is 177 Å². The molecule has 29 heavy (non-hydrogen) atoms. The number of halogens is 1. The van der Waals surface area contributed by atoms with Crippen molar-refractivity contribution in [3.05, 3.63) is 56.9 Å². The number of piperazine rings is 1. The first kappa shape index (κ1) is 23.0. The summed E-state index contributed by atoms with van der Waals surface area (Å²) >= 11 is 0. The van der Waals surface area contributed by atoms with Gasteiger partial charge in [0.05, 0.1) is 12.8 Å². The Kier molecular flexibility index (Phi) is 8.79. The number of methoxy groups -OCH3 is 1. The Morgan fingerprint density at radius 1 is 1.07 bits per heavy atom. The summed E-state index contributed by atoms with van der Waals surface area (Å²) in [4.78, 5) is 31.9. The third kappa shape index (κ3) is 5.64. The normalized spacial score (nSPS) is 14.5. The van der Waals surface area contributed by atoms with E-state index < -0.39 is 0 Å². The molecular weight excluding hydrogens is 392 g/mol. The molecule has 7 nitrogen and oxygen atoms in total. The Balaban J connectivity index is 0.00000300. The van der Waals surface area contributed by atoms with Gasteiger partial charge in [-0.15, -0.1) is 12.4 Å². The van der Waals surface area contributed by atoms with Crippen molar-refractivity contribution in [2.75, 3.05) is 44.7 Å². The van der Waals surface area contributed by atoms with Gasteiger partial charge in [-0.3, -0.25) is 14.3 Å². The minimum atomic E-state index is -0.314. The molecule has 0 atom stereocenters. The van der Waals surface area contributed by atoms with Gasteiger partial charge in [-0.25, -0.2) is 4.79 Å². The average molecular weight is 423 g/mol. The van der Waals surface area contributed by atoms with Gasteiger partial charge in [-0.2, -0.15) is 0 Å². The SMILES string of the molecule is CCCc1c[nH]c(=O)n(CCCN2CCN(c3ccccc3OC)CC2)c1=O.Cl. The fourth-order valence-electron chi connectivity index (χ4n) is 3.76. The summed E-state index contributed by atoms with van der Waals surface area (Å²) in [7, 11) is 1.70. The van der Waals surface area contributed by atoms with E-state index in [1.165, 1.54) is 4.57 Å². The number of nitrogens with zero attached hydrogens (tertiary/aromatic N) is 3. The molecule has 1 saturated heterocycles. The molecule has 1 aliphatic rings. The Morgan fingerprint density at radius 2 is 1.79 bits per heavy atom. The van der Waals surface area contributed by atoms with E-state index in [4.69, 9.17) is 4.74 Å². The number of H-pyrrole nitrogens is 1. The highest BCUT2D eigenvalue weighted by atomic mass is 35.5. The van der Waals surface area contributed by atoms with E-state index >= 15 is 0 Å². The van der Waals surface area contributed by atoms with Crippen molar-refractivity contribution in [2.45, 2.75) is 32.7 Å². The highest BCUT2D eigenvalue weighted by Gasteiger charge is 2.19. The lowest BCUT2D eigenvalue weighted by molar-refractivity contribution is 0.249. The number of rotatable bonds is 8. The number of ether oxygens (including phenoxy) is 1. The van der Waals surface area contributed by atoms with Crippen LogP contribution in [0.2, 0.25) is 0 Å². The number of aryl methyl sites for hydroxylation is 1. The van der Waals surface area contributed by atoms with Crippen LogP contribution in [0.3, 0.4) is 0 Å². The Morgan fingerprint density at radius 3 is 2.48 bits per heavy atom. The van der Waals surface area contributed by atoms with Crippen LogP contribution in [0, 0.1) is 0 Å². The maximum Gasteiger partial charge on any atom is 0.328 e. The third-order valence-corrected chi connectivity index (χ3v) is 5.31. The first-order chi connectivity index (χ1) is 13.6. The molecule has 8 heteroatoms. The molecule has 0 spiro atoms. The van der Waals surface area contributed by atoms with Gasteiger partial charge in [-0.05, 0) is 31.5 Å². The molecule has 0 bridgehead atoms. The molecule has 2 aromatic rings. The van der Waals surface area contributed by atoms with Gasteiger partial charge in [-0.1, -0.05) is 25.5 Å². The van der Waals surface area contributed by atoms with Crippen molar-refractivity contribution in [3.63, 3.8) is 0 Å². The third-order valence-electron chi connectivity index (χ3n) is 5.31. The first-order valence-electron chi connectivity index (χ1n) is 10.1. The standard InChI is InChI=1S/C21H30N4O3.ClH/c1-3-7-17-16-22-21(27)25(20(17)26)11-6-10-23-12-14-24(15-13-23)18-8-4-5-9-19(18)28-2;/h4-5,8-9,16H,3,6-7,10-15H2,1-2H3,(H,22,27);1H.